The van der Waals surface area contributed by atoms with Gasteiger partial charge in [-0.25, -0.2) is 0 Å². The average molecular weight is 309 g/mol. The van der Waals surface area contributed by atoms with Gasteiger partial charge in [-0.1, -0.05) is 18.2 Å². The van der Waals surface area contributed by atoms with Crippen molar-refractivity contribution in [2.75, 3.05) is 12.5 Å². The Morgan fingerprint density at radius 2 is 2.00 bits per heavy atom. The Labute approximate surface area is 132 Å². The Morgan fingerprint density at radius 3 is 2.62 bits per heavy atom. The first kappa shape index (κ1) is 15.3. The maximum absolute atomic E-state index is 6.30. The van der Waals surface area contributed by atoms with Gasteiger partial charge in [0.2, 0.25) is 0 Å². The van der Waals surface area contributed by atoms with Crippen LogP contribution in [0.25, 0.3) is 0 Å². The largest absolute Gasteiger partial charge is 0.368 e. The molecule has 0 N–H and O–H groups in total. The second-order valence-corrected chi connectivity index (χ2v) is 7.36. The fraction of sp³-hybridized carbons (Fsp3) is 0.667. The lowest BCUT2D eigenvalue weighted by Crippen LogP contribution is -2.35. The van der Waals surface area contributed by atoms with Gasteiger partial charge in [-0.3, -0.25) is 0 Å². The number of epoxide rings is 1. The third kappa shape index (κ3) is 2.62. The van der Waals surface area contributed by atoms with Crippen LogP contribution in [0.15, 0.2) is 18.2 Å². The quantitative estimate of drug-likeness (QED) is 0.592. The molecule has 0 saturated carbocycles. The van der Waals surface area contributed by atoms with E-state index in [4.69, 9.17) is 21.1 Å². The van der Waals surface area contributed by atoms with E-state index >= 15 is 0 Å². The van der Waals surface area contributed by atoms with E-state index in [1.165, 1.54) is 16.7 Å². The molecule has 0 bridgehead atoms. The fourth-order valence-corrected chi connectivity index (χ4v) is 4.17. The molecule has 1 aromatic carbocycles. The van der Waals surface area contributed by atoms with Crippen molar-refractivity contribution >= 4 is 11.6 Å². The van der Waals surface area contributed by atoms with Crippen LogP contribution in [0, 0.1) is 6.92 Å². The van der Waals surface area contributed by atoms with E-state index in [1.807, 2.05) is 0 Å². The van der Waals surface area contributed by atoms with Crippen molar-refractivity contribution in [2.45, 2.75) is 63.8 Å². The molecular weight excluding hydrogens is 284 g/mol. The maximum atomic E-state index is 6.30. The standard InChI is InChI=1S/C18H25ClO2/c1-12-6-5-7-14-16(12)15(18(10-19)11-20-18)9-8-13(2)21-17(14,3)4/h5-7,13,15H,8-11H2,1-4H3. The smallest absolute Gasteiger partial charge is 0.112 e. The van der Waals surface area contributed by atoms with Gasteiger partial charge in [0.15, 0.2) is 0 Å². The predicted molar refractivity (Wildman–Crippen MR) is 86.1 cm³/mol. The van der Waals surface area contributed by atoms with Crippen molar-refractivity contribution < 1.29 is 9.47 Å². The number of alkyl halides is 1. The summed E-state index contributed by atoms with van der Waals surface area (Å²) in [4.78, 5) is 0. The zero-order valence-corrected chi connectivity index (χ0v) is 14.2. The Hall–Kier alpha value is -0.570. The van der Waals surface area contributed by atoms with Gasteiger partial charge in [0.25, 0.3) is 0 Å². The van der Waals surface area contributed by atoms with Crippen LogP contribution in [0.2, 0.25) is 0 Å². The van der Waals surface area contributed by atoms with E-state index in [9.17, 15) is 0 Å². The van der Waals surface area contributed by atoms with Gasteiger partial charge in [0.1, 0.15) is 5.60 Å². The molecule has 2 aliphatic rings. The molecule has 3 heteroatoms. The van der Waals surface area contributed by atoms with Crippen LogP contribution in [0.5, 0.6) is 0 Å². The number of aryl methyl sites for hydroxylation is 1. The van der Waals surface area contributed by atoms with E-state index in [1.54, 1.807) is 0 Å². The summed E-state index contributed by atoms with van der Waals surface area (Å²) in [6.45, 7) is 9.49. The predicted octanol–water partition coefficient (Wildman–Crippen LogP) is 4.52. The normalized spacial score (nSPS) is 34.7. The first-order valence-corrected chi connectivity index (χ1v) is 8.41. The highest BCUT2D eigenvalue weighted by molar-refractivity contribution is 6.18. The number of fused-ring (bicyclic) bond motifs is 1. The summed E-state index contributed by atoms with van der Waals surface area (Å²) in [5.74, 6) is 0.943. The summed E-state index contributed by atoms with van der Waals surface area (Å²) >= 11 is 6.25. The Kier molecular flexibility index (Phi) is 3.84. The van der Waals surface area contributed by atoms with Gasteiger partial charge in [-0.05, 0) is 57.2 Å². The number of halogens is 1. The minimum Gasteiger partial charge on any atom is -0.368 e. The Bertz CT molecular complexity index is 534. The highest BCUT2D eigenvalue weighted by Gasteiger charge is 2.53. The van der Waals surface area contributed by atoms with Gasteiger partial charge in [-0.2, -0.15) is 0 Å². The lowest BCUT2D eigenvalue weighted by Gasteiger charge is -2.38. The van der Waals surface area contributed by atoms with E-state index in [-0.39, 0.29) is 17.3 Å². The molecule has 0 radical (unpaired) electrons. The summed E-state index contributed by atoms with van der Waals surface area (Å²) in [5, 5.41) is 0. The van der Waals surface area contributed by atoms with Gasteiger partial charge in [-0.15, -0.1) is 11.6 Å². The molecule has 116 valence electrons. The molecular formula is C18H25ClO2. The monoisotopic (exact) mass is 308 g/mol. The molecule has 0 spiro atoms. The summed E-state index contributed by atoms with van der Waals surface area (Å²) in [5.41, 5.74) is 3.58. The third-order valence-electron chi connectivity index (χ3n) is 5.06. The summed E-state index contributed by atoms with van der Waals surface area (Å²) < 4.78 is 12.1. The molecule has 0 aliphatic carbocycles. The summed E-state index contributed by atoms with van der Waals surface area (Å²) in [6.07, 6.45) is 2.37. The number of benzene rings is 1. The van der Waals surface area contributed by atoms with Crippen LogP contribution in [-0.4, -0.2) is 24.2 Å². The zero-order chi connectivity index (χ0) is 15.3. The second-order valence-electron chi connectivity index (χ2n) is 7.09. The number of hydrogen-bond donors (Lipinski definition) is 0. The summed E-state index contributed by atoms with van der Waals surface area (Å²) in [6, 6.07) is 6.53. The molecule has 3 atom stereocenters. The molecule has 0 aromatic heterocycles. The Morgan fingerprint density at radius 1 is 1.29 bits per heavy atom. The molecule has 2 aliphatic heterocycles. The molecule has 1 fully saturated rings. The molecule has 3 unspecified atom stereocenters. The molecule has 1 aromatic rings. The van der Waals surface area contributed by atoms with Crippen LogP contribution in [0.4, 0.5) is 0 Å². The van der Waals surface area contributed by atoms with E-state index in [0.29, 0.717) is 11.8 Å². The van der Waals surface area contributed by atoms with Crippen molar-refractivity contribution in [1.82, 2.24) is 0 Å². The number of ether oxygens (including phenoxy) is 2. The third-order valence-corrected chi connectivity index (χ3v) is 5.51. The minimum atomic E-state index is -0.276. The first-order chi connectivity index (χ1) is 9.89. The zero-order valence-electron chi connectivity index (χ0n) is 13.4. The van der Waals surface area contributed by atoms with Gasteiger partial charge in [0.05, 0.1) is 24.2 Å². The maximum Gasteiger partial charge on any atom is 0.112 e. The lowest BCUT2D eigenvalue weighted by molar-refractivity contribution is -0.0769. The van der Waals surface area contributed by atoms with Crippen LogP contribution in [0.1, 0.15) is 56.2 Å². The van der Waals surface area contributed by atoms with E-state index < -0.39 is 0 Å². The molecule has 0 amide bonds. The second kappa shape index (κ2) is 5.26. The molecule has 2 heterocycles. The van der Waals surface area contributed by atoms with Crippen LogP contribution in [0.3, 0.4) is 0 Å². The van der Waals surface area contributed by atoms with Crippen molar-refractivity contribution in [2.24, 2.45) is 0 Å². The van der Waals surface area contributed by atoms with Gasteiger partial charge >= 0.3 is 0 Å². The van der Waals surface area contributed by atoms with Gasteiger partial charge in [0, 0.05) is 5.92 Å². The molecule has 21 heavy (non-hydrogen) atoms. The first-order valence-electron chi connectivity index (χ1n) is 7.87. The van der Waals surface area contributed by atoms with Crippen LogP contribution < -0.4 is 0 Å². The summed E-state index contributed by atoms with van der Waals surface area (Å²) in [7, 11) is 0. The van der Waals surface area contributed by atoms with Crippen molar-refractivity contribution in [3.8, 4) is 0 Å². The van der Waals surface area contributed by atoms with Crippen LogP contribution >= 0.6 is 11.6 Å². The van der Waals surface area contributed by atoms with Crippen molar-refractivity contribution in [3.63, 3.8) is 0 Å². The van der Waals surface area contributed by atoms with E-state index in [0.717, 1.165) is 19.4 Å². The highest BCUT2D eigenvalue weighted by Crippen LogP contribution is 2.50. The van der Waals surface area contributed by atoms with Gasteiger partial charge < -0.3 is 9.47 Å². The van der Waals surface area contributed by atoms with Crippen LogP contribution in [-0.2, 0) is 15.1 Å². The number of hydrogen-bond acceptors (Lipinski definition) is 2. The minimum absolute atomic E-state index is 0.157. The fourth-order valence-electron chi connectivity index (χ4n) is 3.83. The van der Waals surface area contributed by atoms with Crippen molar-refractivity contribution in [3.05, 3.63) is 34.9 Å². The lowest BCUT2D eigenvalue weighted by atomic mass is 9.75. The van der Waals surface area contributed by atoms with Crippen molar-refractivity contribution in [1.29, 1.82) is 0 Å². The average Bonchev–Trinajstić information content (AvgIpc) is 3.19. The topological polar surface area (TPSA) is 21.8 Å². The van der Waals surface area contributed by atoms with E-state index in [2.05, 4.69) is 45.9 Å². The highest BCUT2D eigenvalue weighted by atomic mass is 35.5. The Balaban J connectivity index is 2.15. The number of rotatable bonds is 2. The SMILES string of the molecule is Cc1cccc2c1C(C1(CCl)CO1)CCC(C)OC2(C)C. The molecule has 2 nitrogen and oxygen atoms in total. The molecule has 1 saturated heterocycles. The molecule has 3 rings (SSSR count).